The van der Waals surface area contributed by atoms with Crippen molar-refractivity contribution in [3.8, 4) is 5.75 Å². The second kappa shape index (κ2) is 7.15. The summed E-state index contributed by atoms with van der Waals surface area (Å²) in [5.41, 5.74) is 1.36. The van der Waals surface area contributed by atoms with Crippen molar-refractivity contribution in [1.82, 2.24) is 0 Å². The number of anilines is 1. The van der Waals surface area contributed by atoms with Gasteiger partial charge in [0.15, 0.2) is 6.61 Å². The Bertz CT molecular complexity index is 787. The first-order chi connectivity index (χ1) is 12.0. The maximum Gasteiger partial charge on any atom is 0.341 e. The first-order valence-electron chi connectivity index (χ1n) is 7.98. The van der Waals surface area contributed by atoms with Gasteiger partial charge in [-0.05, 0) is 43.0 Å². The number of benzene rings is 2. The lowest BCUT2D eigenvalue weighted by Gasteiger charge is -2.16. The second-order valence-electron chi connectivity index (χ2n) is 6.22. The van der Waals surface area contributed by atoms with E-state index in [9.17, 15) is 9.59 Å². The molecule has 0 radical (unpaired) electrons. The van der Waals surface area contributed by atoms with E-state index in [1.165, 1.54) is 0 Å². The molecule has 0 aliphatic heterocycles. The Morgan fingerprint density at radius 2 is 1.88 bits per heavy atom. The third-order valence-electron chi connectivity index (χ3n) is 4.26. The minimum absolute atomic E-state index is 0.0216. The van der Waals surface area contributed by atoms with Crippen molar-refractivity contribution < 1.29 is 19.4 Å². The summed E-state index contributed by atoms with van der Waals surface area (Å²) in [5, 5.41) is 11.8. The van der Waals surface area contributed by atoms with Gasteiger partial charge in [0, 0.05) is 5.69 Å². The maximum atomic E-state index is 12.6. The Labute approximate surface area is 150 Å². The Morgan fingerprint density at radius 1 is 1.16 bits per heavy atom. The summed E-state index contributed by atoms with van der Waals surface area (Å²) >= 11 is 6.09. The highest BCUT2D eigenvalue weighted by Gasteiger charge is 2.49. The number of rotatable bonds is 7. The van der Waals surface area contributed by atoms with E-state index in [1.807, 2.05) is 30.3 Å². The van der Waals surface area contributed by atoms with E-state index in [2.05, 4.69) is 5.32 Å². The predicted octanol–water partition coefficient (Wildman–Crippen LogP) is 3.76. The number of nitrogens with one attached hydrogen (secondary N) is 1. The van der Waals surface area contributed by atoms with Gasteiger partial charge in [-0.2, -0.15) is 0 Å². The Balaban J connectivity index is 1.65. The van der Waals surface area contributed by atoms with Gasteiger partial charge in [0.1, 0.15) is 5.75 Å². The van der Waals surface area contributed by atoms with Crippen molar-refractivity contribution in [2.75, 3.05) is 11.9 Å². The number of carboxylic acids is 1. The van der Waals surface area contributed by atoms with E-state index in [-0.39, 0.29) is 22.1 Å². The molecule has 2 aromatic rings. The lowest BCUT2D eigenvalue weighted by atomic mass is 9.95. The number of ether oxygens (including phenoxy) is 1. The molecule has 3 rings (SSSR count). The van der Waals surface area contributed by atoms with Crippen LogP contribution in [0, 0.1) is 5.41 Å². The highest BCUT2D eigenvalue weighted by atomic mass is 35.5. The van der Waals surface area contributed by atoms with Gasteiger partial charge in [-0.3, -0.25) is 4.79 Å². The van der Waals surface area contributed by atoms with E-state index in [0.717, 1.165) is 18.4 Å². The largest absolute Gasteiger partial charge is 0.480 e. The van der Waals surface area contributed by atoms with Crippen molar-refractivity contribution >= 4 is 29.2 Å². The second-order valence-corrected chi connectivity index (χ2v) is 6.63. The fourth-order valence-corrected chi connectivity index (χ4v) is 2.96. The summed E-state index contributed by atoms with van der Waals surface area (Å²) in [6.45, 7) is -0.467. The van der Waals surface area contributed by atoms with Crippen LogP contribution in [0.15, 0.2) is 48.5 Å². The van der Waals surface area contributed by atoms with Gasteiger partial charge < -0.3 is 15.2 Å². The molecule has 2 N–H and O–H groups in total. The number of aliphatic carboxylic acids is 1. The van der Waals surface area contributed by atoms with Gasteiger partial charge in [0.2, 0.25) is 5.91 Å². The quantitative estimate of drug-likeness (QED) is 0.789. The van der Waals surface area contributed by atoms with Crippen LogP contribution in [0.2, 0.25) is 5.02 Å². The first-order valence-corrected chi connectivity index (χ1v) is 8.36. The molecular formula is C19H18ClNO4. The zero-order chi connectivity index (χ0) is 17.9. The van der Waals surface area contributed by atoms with E-state index in [1.54, 1.807) is 18.2 Å². The van der Waals surface area contributed by atoms with E-state index >= 15 is 0 Å². The Kier molecular flexibility index (Phi) is 4.95. The van der Waals surface area contributed by atoms with Crippen molar-refractivity contribution in [3.05, 3.63) is 59.1 Å². The molecule has 0 unspecified atom stereocenters. The Morgan fingerprint density at radius 3 is 2.48 bits per heavy atom. The van der Waals surface area contributed by atoms with Crippen LogP contribution in [0.5, 0.6) is 5.75 Å². The van der Waals surface area contributed by atoms with Gasteiger partial charge in [0.25, 0.3) is 0 Å². The summed E-state index contributed by atoms with van der Waals surface area (Å²) in [5.74, 6) is -0.829. The van der Waals surface area contributed by atoms with Gasteiger partial charge in [0.05, 0.1) is 10.4 Å². The molecule has 1 saturated carbocycles. The van der Waals surface area contributed by atoms with Crippen LogP contribution in [0.1, 0.15) is 18.4 Å². The van der Waals surface area contributed by atoms with E-state index in [4.69, 9.17) is 21.4 Å². The summed E-state index contributed by atoms with van der Waals surface area (Å²) in [6.07, 6.45) is 2.44. The van der Waals surface area contributed by atoms with Crippen LogP contribution < -0.4 is 10.1 Å². The van der Waals surface area contributed by atoms with Crippen molar-refractivity contribution in [1.29, 1.82) is 0 Å². The fraction of sp³-hybridized carbons (Fsp3) is 0.263. The van der Waals surface area contributed by atoms with Crippen molar-refractivity contribution in [2.24, 2.45) is 5.41 Å². The average molecular weight is 360 g/mol. The molecule has 25 heavy (non-hydrogen) atoms. The van der Waals surface area contributed by atoms with Gasteiger partial charge in [-0.15, -0.1) is 0 Å². The number of hydrogen-bond donors (Lipinski definition) is 2. The SMILES string of the molecule is O=C(O)COc1ccc(NC(=O)C2(Cc3ccccc3)CC2)cc1Cl. The standard InChI is InChI=1S/C19H18ClNO4/c20-15-10-14(6-7-16(15)25-12-17(22)23)21-18(24)19(8-9-19)11-13-4-2-1-3-5-13/h1-7,10H,8-9,11-12H2,(H,21,24)(H,22,23). The lowest BCUT2D eigenvalue weighted by molar-refractivity contribution is -0.139. The van der Waals surface area contributed by atoms with Gasteiger partial charge in [-0.1, -0.05) is 41.9 Å². The summed E-state index contributed by atoms with van der Waals surface area (Å²) < 4.78 is 5.07. The Hall–Kier alpha value is -2.53. The van der Waals surface area contributed by atoms with Crippen molar-refractivity contribution in [3.63, 3.8) is 0 Å². The number of carboxylic acid groups (broad SMARTS) is 1. The van der Waals surface area contributed by atoms with Crippen LogP contribution in [0.4, 0.5) is 5.69 Å². The molecule has 1 amide bonds. The van der Waals surface area contributed by atoms with Gasteiger partial charge in [-0.25, -0.2) is 4.79 Å². The maximum absolute atomic E-state index is 12.6. The molecule has 130 valence electrons. The summed E-state index contributed by atoms with van der Waals surface area (Å²) in [4.78, 5) is 23.2. The molecule has 0 aromatic heterocycles. The number of hydrogen-bond acceptors (Lipinski definition) is 3. The third kappa shape index (κ3) is 4.31. The zero-order valence-electron chi connectivity index (χ0n) is 13.5. The smallest absolute Gasteiger partial charge is 0.341 e. The molecule has 1 fully saturated rings. The fourth-order valence-electron chi connectivity index (χ4n) is 2.72. The highest BCUT2D eigenvalue weighted by molar-refractivity contribution is 6.32. The number of halogens is 1. The van der Waals surface area contributed by atoms with Crippen LogP contribution in [0.3, 0.4) is 0 Å². The molecule has 0 heterocycles. The molecule has 6 heteroatoms. The zero-order valence-corrected chi connectivity index (χ0v) is 14.3. The van der Waals surface area contributed by atoms with Crippen LogP contribution in [-0.2, 0) is 16.0 Å². The van der Waals surface area contributed by atoms with Crippen LogP contribution in [0.25, 0.3) is 0 Å². The summed E-state index contributed by atoms with van der Waals surface area (Å²) in [6, 6.07) is 14.7. The van der Waals surface area contributed by atoms with Crippen molar-refractivity contribution in [2.45, 2.75) is 19.3 Å². The molecule has 0 bridgehead atoms. The molecule has 0 spiro atoms. The van der Waals surface area contributed by atoms with E-state index < -0.39 is 12.6 Å². The van der Waals surface area contributed by atoms with E-state index in [0.29, 0.717) is 12.1 Å². The molecular weight excluding hydrogens is 342 g/mol. The minimum atomic E-state index is -1.08. The van der Waals surface area contributed by atoms with Gasteiger partial charge >= 0.3 is 5.97 Å². The monoisotopic (exact) mass is 359 g/mol. The highest BCUT2D eigenvalue weighted by Crippen LogP contribution is 2.49. The van der Waals surface area contributed by atoms with Crippen LogP contribution >= 0.6 is 11.6 Å². The number of carbonyl (C=O) groups is 2. The topological polar surface area (TPSA) is 75.6 Å². The molecule has 1 aliphatic rings. The molecule has 5 nitrogen and oxygen atoms in total. The van der Waals surface area contributed by atoms with Crippen LogP contribution in [-0.4, -0.2) is 23.6 Å². The molecule has 1 aliphatic carbocycles. The molecule has 0 atom stereocenters. The molecule has 2 aromatic carbocycles. The first kappa shape index (κ1) is 17.3. The predicted molar refractivity (Wildman–Crippen MR) is 95.0 cm³/mol. The molecule has 0 saturated heterocycles. The number of amides is 1. The normalized spacial score (nSPS) is 14.6. The lowest BCUT2D eigenvalue weighted by Crippen LogP contribution is -2.26. The number of carbonyl (C=O) groups excluding carboxylic acids is 1. The average Bonchev–Trinajstić information content (AvgIpc) is 3.36. The third-order valence-corrected chi connectivity index (χ3v) is 4.56. The summed E-state index contributed by atoms with van der Waals surface area (Å²) in [7, 11) is 0. The minimum Gasteiger partial charge on any atom is -0.480 e.